The summed E-state index contributed by atoms with van der Waals surface area (Å²) in [6.07, 6.45) is 7.78. The number of benzene rings is 1. The van der Waals surface area contributed by atoms with Gasteiger partial charge >= 0.3 is 0 Å². The van der Waals surface area contributed by atoms with E-state index in [1.54, 1.807) is 6.20 Å². The number of nitrogens with zero attached hydrogens (tertiary/aromatic N) is 3. The first kappa shape index (κ1) is 21.8. The maximum atomic E-state index is 14.4. The maximum Gasteiger partial charge on any atom is 0.223 e. The highest BCUT2D eigenvalue weighted by molar-refractivity contribution is 14.1. The van der Waals surface area contributed by atoms with Crippen LogP contribution in [0.25, 0.3) is 11.0 Å². The fourth-order valence-electron chi connectivity index (χ4n) is 5.17. The van der Waals surface area contributed by atoms with Gasteiger partial charge in [-0.15, -0.1) is 0 Å². The van der Waals surface area contributed by atoms with Crippen LogP contribution in [0.1, 0.15) is 48.9 Å². The largest absolute Gasteiger partial charge is 0.337 e. The number of fused-ring (bicyclic) bond motifs is 3. The van der Waals surface area contributed by atoms with E-state index in [-0.39, 0.29) is 12.5 Å². The molecule has 168 valence electrons. The van der Waals surface area contributed by atoms with Crippen LogP contribution in [0.2, 0.25) is 0 Å². The van der Waals surface area contributed by atoms with E-state index in [2.05, 4.69) is 27.6 Å². The molecule has 5 rings (SSSR count). The van der Waals surface area contributed by atoms with Gasteiger partial charge in [0.2, 0.25) is 5.91 Å². The Bertz CT molecular complexity index is 1150. The first-order chi connectivity index (χ1) is 15.5. The van der Waals surface area contributed by atoms with Crippen LogP contribution in [0, 0.1) is 17.6 Å². The Morgan fingerprint density at radius 2 is 1.97 bits per heavy atom. The predicted molar refractivity (Wildman–Crippen MR) is 129 cm³/mol. The number of halogens is 3. The zero-order valence-electron chi connectivity index (χ0n) is 17.9. The van der Waals surface area contributed by atoms with Gasteiger partial charge in [-0.1, -0.05) is 28.7 Å². The molecule has 1 aliphatic heterocycles. The van der Waals surface area contributed by atoms with Crippen LogP contribution in [0.3, 0.4) is 0 Å². The van der Waals surface area contributed by atoms with E-state index in [0.29, 0.717) is 31.0 Å². The summed E-state index contributed by atoms with van der Waals surface area (Å²) in [5.74, 6) is -0.454. The van der Waals surface area contributed by atoms with Crippen molar-refractivity contribution in [1.29, 1.82) is 0 Å². The smallest absolute Gasteiger partial charge is 0.223 e. The highest BCUT2D eigenvalue weighted by Crippen LogP contribution is 2.34. The molecule has 1 aromatic carbocycles. The van der Waals surface area contributed by atoms with Crippen LogP contribution in [-0.2, 0) is 24.3 Å². The van der Waals surface area contributed by atoms with E-state index >= 15 is 0 Å². The molecule has 1 amide bonds. The van der Waals surface area contributed by atoms with E-state index in [0.717, 1.165) is 46.0 Å². The molecule has 32 heavy (non-hydrogen) atoms. The zero-order valence-corrected chi connectivity index (χ0v) is 20.0. The second-order valence-electron chi connectivity index (χ2n) is 9.01. The summed E-state index contributed by atoms with van der Waals surface area (Å²) in [6, 6.07) is 7.64. The lowest BCUT2D eigenvalue weighted by atomic mass is 9.86. The van der Waals surface area contributed by atoms with E-state index < -0.39 is 11.6 Å². The molecule has 2 aromatic heterocycles. The molecule has 2 aliphatic rings. The number of pyridine rings is 1. The number of rotatable bonds is 4. The number of hydrogen-bond donors (Lipinski definition) is 0. The van der Waals surface area contributed by atoms with Crippen LogP contribution in [0.5, 0.6) is 0 Å². The van der Waals surface area contributed by atoms with E-state index in [1.807, 2.05) is 21.6 Å². The summed E-state index contributed by atoms with van der Waals surface area (Å²) in [5, 5.41) is 1.05. The fraction of sp³-hybridized carbons (Fsp3) is 0.440. The van der Waals surface area contributed by atoms with Gasteiger partial charge in [-0.2, -0.15) is 0 Å². The predicted octanol–water partition coefficient (Wildman–Crippen LogP) is 5.63. The summed E-state index contributed by atoms with van der Waals surface area (Å²) in [4.78, 5) is 19.6. The third-order valence-electron chi connectivity index (χ3n) is 6.95. The molecule has 0 radical (unpaired) electrons. The second kappa shape index (κ2) is 9.08. The third kappa shape index (κ3) is 4.28. The van der Waals surface area contributed by atoms with Crippen molar-refractivity contribution in [1.82, 2.24) is 14.5 Å². The summed E-state index contributed by atoms with van der Waals surface area (Å²) in [5.41, 5.74) is 3.40. The summed E-state index contributed by atoms with van der Waals surface area (Å²) in [6.45, 7) is 1.47. The van der Waals surface area contributed by atoms with Gasteiger partial charge in [0.1, 0.15) is 17.3 Å². The summed E-state index contributed by atoms with van der Waals surface area (Å²) < 4.78 is 30.6. The van der Waals surface area contributed by atoms with Gasteiger partial charge < -0.3 is 9.47 Å². The van der Waals surface area contributed by atoms with Gasteiger partial charge in [-0.25, -0.2) is 13.8 Å². The molecular weight excluding hydrogens is 523 g/mol. The summed E-state index contributed by atoms with van der Waals surface area (Å²) in [7, 11) is 0. The summed E-state index contributed by atoms with van der Waals surface area (Å²) >= 11 is 2.52. The molecule has 0 spiro atoms. The quantitative estimate of drug-likeness (QED) is 0.313. The van der Waals surface area contributed by atoms with Gasteiger partial charge in [0.05, 0.1) is 13.1 Å². The molecular formula is C25H26F2IN3O. The first-order valence-corrected chi connectivity index (χ1v) is 12.5. The monoisotopic (exact) mass is 549 g/mol. The van der Waals surface area contributed by atoms with Crippen LogP contribution in [-0.4, -0.2) is 30.8 Å². The van der Waals surface area contributed by atoms with Crippen LogP contribution in [0.15, 0.2) is 36.5 Å². The van der Waals surface area contributed by atoms with Gasteiger partial charge in [0.15, 0.2) is 0 Å². The van der Waals surface area contributed by atoms with E-state index in [1.165, 1.54) is 30.5 Å². The number of aromatic nitrogens is 2. The van der Waals surface area contributed by atoms with Gasteiger partial charge in [-0.05, 0) is 61.8 Å². The highest BCUT2D eigenvalue weighted by Gasteiger charge is 2.29. The van der Waals surface area contributed by atoms with Crippen molar-refractivity contribution in [3.63, 3.8) is 0 Å². The minimum absolute atomic E-state index is 0.213. The van der Waals surface area contributed by atoms with Crippen molar-refractivity contribution in [2.45, 2.75) is 55.5 Å². The highest BCUT2D eigenvalue weighted by atomic mass is 127. The Kier molecular flexibility index (Phi) is 6.18. The number of carbonyl (C=O) groups is 1. The van der Waals surface area contributed by atoms with Crippen molar-refractivity contribution < 1.29 is 13.6 Å². The van der Waals surface area contributed by atoms with Crippen LogP contribution < -0.4 is 0 Å². The molecule has 0 saturated heterocycles. The molecule has 0 unspecified atom stereocenters. The Labute approximate surface area is 200 Å². The lowest BCUT2D eigenvalue weighted by Crippen LogP contribution is -2.38. The number of alkyl halides is 1. The standard InChI is InChI=1S/C25H26F2IN3O/c26-18-6-5-17(22(27)13-18)14-31-23-15-30(24(32)12-16-3-7-19(28)8-4-16)11-9-20(23)21-2-1-10-29-25(21)31/h1-2,5-6,10,13,16,19H,3-4,7-9,11-12,14-15H2/t16-,19-. The Hall–Kier alpha value is -2.03. The number of carbonyl (C=O) groups excluding carboxylic acids is 1. The SMILES string of the molecule is O=C(C[C@H]1CC[C@H](I)CC1)N1CCc2c(n(Cc3ccc(F)cc3F)c3ncccc23)C1. The van der Waals surface area contributed by atoms with Crippen LogP contribution in [0.4, 0.5) is 8.78 Å². The fourth-order valence-corrected chi connectivity index (χ4v) is 5.88. The Balaban J connectivity index is 1.42. The zero-order chi connectivity index (χ0) is 22.2. The maximum absolute atomic E-state index is 14.4. The molecule has 0 N–H and O–H groups in total. The molecule has 3 aromatic rings. The lowest BCUT2D eigenvalue weighted by Gasteiger charge is -2.31. The Morgan fingerprint density at radius 1 is 1.16 bits per heavy atom. The normalized spacial score (nSPS) is 21.0. The second-order valence-corrected chi connectivity index (χ2v) is 10.8. The first-order valence-electron chi connectivity index (χ1n) is 11.3. The number of amides is 1. The Morgan fingerprint density at radius 3 is 2.75 bits per heavy atom. The molecule has 4 nitrogen and oxygen atoms in total. The van der Waals surface area contributed by atoms with E-state index in [4.69, 9.17) is 0 Å². The minimum Gasteiger partial charge on any atom is -0.337 e. The minimum atomic E-state index is -0.586. The van der Waals surface area contributed by atoms with Crippen molar-refractivity contribution in [3.05, 3.63) is 65.0 Å². The molecule has 1 fully saturated rings. The number of hydrogen-bond acceptors (Lipinski definition) is 2. The molecule has 0 bridgehead atoms. The van der Waals surface area contributed by atoms with Crippen molar-refractivity contribution in [2.75, 3.05) is 6.54 Å². The van der Waals surface area contributed by atoms with Crippen molar-refractivity contribution in [3.8, 4) is 0 Å². The molecule has 7 heteroatoms. The topological polar surface area (TPSA) is 38.1 Å². The molecule has 1 aliphatic carbocycles. The van der Waals surface area contributed by atoms with Gasteiger partial charge in [0, 0.05) is 45.8 Å². The van der Waals surface area contributed by atoms with Crippen molar-refractivity contribution >= 4 is 39.5 Å². The average molecular weight is 549 g/mol. The van der Waals surface area contributed by atoms with Crippen LogP contribution >= 0.6 is 22.6 Å². The third-order valence-corrected chi connectivity index (χ3v) is 8.20. The van der Waals surface area contributed by atoms with E-state index in [9.17, 15) is 13.6 Å². The molecule has 3 heterocycles. The van der Waals surface area contributed by atoms with Crippen molar-refractivity contribution in [2.24, 2.45) is 5.92 Å². The molecule has 0 atom stereocenters. The van der Waals surface area contributed by atoms with Gasteiger partial charge in [-0.3, -0.25) is 4.79 Å². The lowest BCUT2D eigenvalue weighted by molar-refractivity contribution is -0.133. The van der Waals surface area contributed by atoms with Gasteiger partial charge in [0.25, 0.3) is 0 Å². The molecule has 1 saturated carbocycles. The average Bonchev–Trinajstić information content (AvgIpc) is 3.10.